The quantitative estimate of drug-likeness (QED) is 0.498. The summed E-state index contributed by atoms with van der Waals surface area (Å²) in [5.41, 5.74) is 4.96. The maximum atomic E-state index is 12.6. The molecule has 0 saturated heterocycles. The molecule has 0 unspecified atom stereocenters. The van der Waals surface area contributed by atoms with Gasteiger partial charge >= 0.3 is 0 Å². The molecule has 122 valence electrons. The Labute approximate surface area is 137 Å². The Hall–Kier alpha value is -2.35. The summed E-state index contributed by atoms with van der Waals surface area (Å²) in [6.07, 6.45) is 0. The van der Waals surface area contributed by atoms with E-state index in [4.69, 9.17) is 0 Å². The number of rotatable bonds is 4. The van der Waals surface area contributed by atoms with Crippen molar-refractivity contribution in [2.75, 3.05) is 5.75 Å². The van der Waals surface area contributed by atoms with Crippen molar-refractivity contribution in [1.82, 2.24) is 20.4 Å². The van der Waals surface area contributed by atoms with E-state index in [1.807, 2.05) is 19.9 Å². The number of thioether (sulfide) groups is 1. The highest BCUT2D eigenvalue weighted by Gasteiger charge is 2.15. The van der Waals surface area contributed by atoms with E-state index in [0.29, 0.717) is 16.1 Å². The summed E-state index contributed by atoms with van der Waals surface area (Å²) < 4.78 is 1.57. The van der Waals surface area contributed by atoms with E-state index in [0.717, 1.165) is 11.8 Å². The fourth-order valence-corrected chi connectivity index (χ4v) is 2.93. The highest BCUT2D eigenvalue weighted by atomic mass is 32.2. The molecule has 2 aromatic rings. The number of fused-ring (bicyclic) bond motifs is 1. The van der Waals surface area contributed by atoms with Crippen molar-refractivity contribution >= 4 is 34.5 Å². The van der Waals surface area contributed by atoms with Crippen LogP contribution >= 0.6 is 11.8 Å². The molecule has 8 heteroatoms. The van der Waals surface area contributed by atoms with Crippen molar-refractivity contribution in [2.45, 2.75) is 32.0 Å². The number of nitrogens with one attached hydrogen (secondary N) is 2. The standard InChI is InChI=1S/C15H18N4O3S/c1-9(2)19-14(22)11-6-4-5-7-12(11)16-15(19)23-8-13(21)18-17-10(3)20/h4-7,9H,8H2,1-3H3,(H,17,20)(H,18,21). The van der Waals surface area contributed by atoms with Gasteiger partial charge in [0.05, 0.1) is 16.7 Å². The van der Waals surface area contributed by atoms with Crippen LogP contribution in [0.5, 0.6) is 0 Å². The fourth-order valence-electron chi connectivity index (χ4n) is 2.01. The van der Waals surface area contributed by atoms with Crippen molar-refractivity contribution in [3.05, 3.63) is 34.6 Å². The molecule has 0 saturated carbocycles. The van der Waals surface area contributed by atoms with Crippen molar-refractivity contribution in [2.24, 2.45) is 0 Å². The molecule has 0 spiro atoms. The summed E-state index contributed by atoms with van der Waals surface area (Å²) in [7, 11) is 0. The smallest absolute Gasteiger partial charge is 0.262 e. The van der Waals surface area contributed by atoms with Gasteiger partial charge in [-0.15, -0.1) is 0 Å². The van der Waals surface area contributed by atoms with Crippen LogP contribution in [-0.2, 0) is 9.59 Å². The minimum absolute atomic E-state index is 0.0395. The van der Waals surface area contributed by atoms with Gasteiger partial charge in [-0.05, 0) is 26.0 Å². The lowest BCUT2D eigenvalue weighted by Crippen LogP contribution is -2.41. The van der Waals surface area contributed by atoms with Crippen LogP contribution in [0.2, 0.25) is 0 Å². The molecule has 1 aromatic carbocycles. The lowest BCUT2D eigenvalue weighted by atomic mass is 10.2. The summed E-state index contributed by atoms with van der Waals surface area (Å²) >= 11 is 1.15. The average molecular weight is 334 g/mol. The Bertz CT molecular complexity index is 801. The van der Waals surface area contributed by atoms with Crippen LogP contribution in [-0.4, -0.2) is 27.1 Å². The van der Waals surface area contributed by atoms with Gasteiger partial charge in [0.25, 0.3) is 5.56 Å². The molecule has 0 radical (unpaired) electrons. The van der Waals surface area contributed by atoms with E-state index in [1.165, 1.54) is 6.92 Å². The minimum Gasteiger partial charge on any atom is -0.285 e. The third kappa shape index (κ3) is 4.10. The number of carbonyl (C=O) groups excluding carboxylic acids is 2. The van der Waals surface area contributed by atoms with Crippen molar-refractivity contribution in [3.8, 4) is 0 Å². The van der Waals surface area contributed by atoms with Crippen molar-refractivity contribution in [1.29, 1.82) is 0 Å². The lowest BCUT2D eigenvalue weighted by Gasteiger charge is -2.16. The van der Waals surface area contributed by atoms with Gasteiger partial charge in [0.15, 0.2) is 5.16 Å². The molecule has 2 N–H and O–H groups in total. The number of hydrogen-bond donors (Lipinski definition) is 2. The SMILES string of the molecule is CC(=O)NNC(=O)CSc1nc2ccccc2c(=O)n1C(C)C. The zero-order chi connectivity index (χ0) is 17.0. The molecule has 23 heavy (non-hydrogen) atoms. The van der Waals surface area contributed by atoms with Gasteiger partial charge in [-0.2, -0.15) is 0 Å². The molecule has 7 nitrogen and oxygen atoms in total. The van der Waals surface area contributed by atoms with Gasteiger partial charge in [0.2, 0.25) is 11.8 Å². The Morgan fingerprint density at radius 2 is 1.96 bits per heavy atom. The molecule has 0 aliphatic carbocycles. The van der Waals surface area contributed by atoms with Crippen LogP contribution in [0.25, 0.3) is 10.9 Å². The molecule has 2 amide bonds. The van der Waals surface area contributed by atoms with E-state index < -0.39 is 0 Å². The van der Waals surface area contributed by atoms with Gasteiger partial charge in [-0.25, -0.2) is 4.98 Å². The number of benzene rings is 1. The first-order valence-corrected chi connectivity index (χ1v) is 8.08. The summed E-state index contributed by atoms with van der Waals surface area (Å²) in [5, 5.41) is 1.02. The van der Waals surface area contributed by atoms with Gasteiger partial charge in [-0.1, -0.05) is 23.9 Å². The number of aromatic nitrogens is 2. The van der Waals surface area contributed by atoms with E-state index >= 15 is 0 Å². The molecule has 1 aromatic heterocycles. The molecule has 0 atom stereocenters. The zero-order valence-corrected chi connectivity index (χ0v) is 13.9. The molecule has 1 heterocycles. The first-order valence-electron chi connectivity index (χ1n) is 7.09. The highest BCUT2D eigenvalue weighted by Crippen LogP contribution is 2.20. The third-order valence-corrected chi connectivity index (χ3v) is 3.95. The number of hydrogen-bond acceptors (Lipinski definition) is 5. The predicted octanol–water partition coefficient (Wildman–Crippen LogP) is 1.24. The van der Waals surface area contributed by atoms with Crippen molar-refractivity contribution < 1.29 is 9.59 Å². The summed E-state index contributed by atoms with van der Waals surface area (Å²) in [6.45, 7) is 5.08. The van der Waals surface area contributed by atoms with Gasteiger partial charge < -0.3 is 0 Å². The van der Waals surface area contributed by atoms with Crippen LogP contribution in [0, 0.1) is 0 Å². The largest absolute Gasteiger partial charge is 0.285 e. The van der Waals surface area contributed by atoms with Crippen LogP contribution in [0.3, 0.4) is 0 Å². The fraction of sp³-hybridized carbons (Fsp3) is 0.333. The first-order chi connectivity index (χ1) is 10.9. The molecular formula is C15H18N4O3S. The topological polar surface area (TPSA) is 93.1 Å². The van der Waals surface area contributed by atoms with E-state index in [9.17, 15) is 14.4 Å². The molecular weight excluding hydrogens is 316 g/mol. The minimum atomic E-state index is -0.372. The molecule has 0 fully saturated rings. The highest BCUT2D eigenvalue weighted by molar-refractivity contribution is 7.99. The third-order valence-electron chi connectivity index (χ3n) is 3.00. The Morgan fingerprint density at radius 1 is 1.26 bits per heavy atom. The number of amides is 2. The van der Waals surface area contributed by atoms with Gasteiger partial charge in [0.1, 0.15) is 0 Å². The van der Waals surface area contributed by atoms with E-state index in [1.54, 1.807) is 22.8 Å². The van der Waals surface area contributed by atoms with Gasteiger partial charge in [-0.3, -0.25) is 29.8 Å². The second-order valence-corrected chi connectivity index (χ2v) is 6.14. The molecule has 0 bridgehead atoms. The summed E-state index contributed by atoms with van der Waals surface area (Å²) in [4.78, 5) is 39.5. The monoisotopic (exact) mass is 334 g/mol. The zero-order valence-electron chi connectivity index (χ0n) is 13.1. The normalized spacial score (nSPS) is 10.8. The Kier molecular flexibility index (Phi) is 5.38. The number of carbonyl (C=O) groups is 2. The van der Waals surface area contributed by atoms with Crippen LogP contribution in [0.15, 0.2) is 34.2 Å². The Morgan fingerprint density at radius 3 is 2.61 bits per heavy atom. The number of para-hydroxylation sites is 1. The first kappa shape index (κ1) is 17.0. The number of hydrazine groups is 1. The van der Waals surface area contributed by atoms with Crippen LogP contribution in [0.4, 0.5) is 0 Å². The second-order valence-electron chi connectivity index (χ2n) is 5.20. The number of nitrogens with zero attached hydrogens (tertiary/aromatic N) is 2. The maximum Gasteiger partial charge on any atom is 0.262 e. The lowest BCUT2D eigenvalue weighted by molar-refractivity contribution is -0.126. The van der Waals surface area contributed by atoms with Crippen molar-refractivity contribution in [3.63, 3.8) is 0 Å². The molecule has 2 rings (SSSR count). The average Bonchev–Trinajstić information content (AvgIpc) is 2.50. The van der Waals surface area contributed by atoms with Crippen LogP contribution < -0.4 is 16.4 Å². The van der Waals surface area contributed by atoms with Crippen LogP contribution in [0.1, 0.15) is 26.8 Å². The summed E-state index contributed by atoms with van der Waals surface area (Å²) in [6, 6.07) is 7.03. The predicted molar refractivity (Wildman–Crippen MR) is 89.1 cm³/mol. The van der Waals surface area contributed by atoms with Gasteiger partial charge in [0, 0.05) is 13.0 Å². The maximum absolute atomic E-state index is 12.6. The second kappa shape index (κ2) is 7.28. The molecule has 0 aliphatic heterocycles. The Balaban J connectivity index is 2.29. The van der Waals surface area contributed by atoms with E-state index in [2.05, 4.69) is 15.8 Å². The van der Waals surface area contributed by atoms with E-state index in [-0.39, 0.29) is 29.2 Å². The molecule has 0 aliphatic rings. The summed E-state index contributed by atoms with van der Waals surface area (Å²) in [5.74, 6) is -0.688.